The third-order valence-electron chi connectivity index (χ3n) is 6.98. The molecule has 33 heavy (non-hydrogen) atoms. The summed E-state index contributed by atoms with van der Waals surface area (Å²) < 4.78 is 0. The minimum absolute atomic E-state index is 0.0257. The lowest BCUT2D eigenvalue weighted by molar-refractivity contribution is 0.272. The zero-order valence-electron chi connectivity index (χ0n) is 20.4. The van der Waals surface area contributed by atoms with Crippen molar-refractivity contribution in [3.8, 4) is 6.07 Å². The minimum atomic E-state index is -0.0257. The monoisotopic (exact) mass is 443 g/mol. The van der Waals surface area contributed by atoms with E-state index in [9.17, 15) is 5.26 Å². The van der Waals surface area contributed by atoms with Gasteiger partial charge in [-0.2, -0.15) is 10.4 Å². The van der Waals surface area contributed by atoms with Crippen molar-refractivity contribution in [2.45, 2.75) is 59.2 Å². The number of nitrogens with zero attached hydrogens (tertiary/aromatic N) is 6. The number of aromatic nitrogens is 3. The van der Waals surface area contributed by atoms with E-state index < -0.39 is 0 Å². The van der Waals surface area contributed by atoms with E-state index in [1.165, 1.54) is 0 Å². The summed E-state index contributed by atoms with van der Waals surface area (Å²) in [7, 11) is 2.14. The first kappa shape index (κ1) is 22.9. The van der Waals surface area contributed by atoms with Crippen molar-refractivity contribution in [3.63, 3.8) is 0 Å². The molecule has 1 unspecified atom stereocenters. The van der Waals surface area contributed by atoms with Crippen LogP contribution in [0, 0.1) is 25.2 Å². The number of anilines is 2. The maximum absolute atomic E-state index is 9.40. The predicted molar refractivity (Wildman–Crippen MR) is 134 cm³/mol. The Morgan fingerprint density at radius 3 is 2.67 bits per heavy atom. The van der Waals surface area contributed by atoms with Gasteiger partial charge in [-0.1, -0.05) is 12.1 Å². The van der Waals surface area contributed by atoms with Crippen molar-refractivity contribution < 1.29 is 0 Å². The number of rotatable bonds is 6. The van der Waals surface area contributed by atoms with E-state index in [0.717, 1.165) is 58.7 Å². The third-order valence-corrected chi connectivity index (χ3v) is 6.98. The Hall–Kier alpha value is -3.24. The Balaban J connectivity index is 1.66. The zero-order valence-corrected chi connectivity index (χ0v) is 20.4. The van der Waals surface area contributed by atoms with Crippen molar-refractivity contribution in [2.24, 2.45) is 0 Å². The van der Waals surface area contributed by atoms with Crippen molar-refractivity contribution in [1.82, 2.24) is 20.1 Å². The molecule has 1 aromatic carbocycles. The molecule has 0 aliphatic carbocycles. The van der Waals surface area contributed by atoms with Crippen LogP contribution >= 0.6 is 0 Å². The fourth-order valence-corrected chi connectivity index (χ4v) is 4.73. The van der Waals surface area contributed by atoms with E-state index in [4.69, 9.17) is 4.98 Å². The number of likely N-dealkylation sites (N-methyl/N-ethyl adjacent to an activating group) is 1. The fourth-order valence-electron chi connectivity index (χ4n) is 4.73. The lowest BCUT2D eigenvalue weighted by Gasteiger charge is -2.27. The minimum Gasteiger partial charge on any atom is -0.362 e. The Labute approximate surface area is 196 Å². The summed E-state index contributed by atoms with van der Waals surface area (Å²) in [5.74, 6) is 1.68. The van der Waals surface area contributed by atoms with Crippen molar-refractivity contribution in [1.29, 1.82) is 5.26 Å². The largest absolute Gasteiger partial charge is 0.362 e. The average Bonchev–Trinajstić information content (AvgIpc) is 3.31. The number of aryl methyl sites for hydroxylation is 1. The standard InChI is InChI=1S/C26H33N7/c1-16(2)33-11-10-21(15-33)32(6)25-12-23-24(14-28-25)19(5)30-31-26(23)29-18(4)22-9-7-8-20(13-27)17(22)3/h7-9,12,14,16,18,21H,10-11,15H2,1-6H3,(H,29,31)/t18-,21?/m1/s1. The normalized spacial score (nSPS) is 17.3. The molecule has 2 atom stereocenters. The second kappa shape index (κ2) is 9.32. The summed E-state index contributed by atoms with van der Waals surface area (Å²) in [6, 6.07) is 11.2. The number of pyridine rings is 1. The SMILES string of the molecule is Cc1c(C#N)cccc1[C@@H](C)Nc1nnc(C)c2cnc(N(C)C3CCN(C(C)C)C3)cc12. The molecule has 1 aliphatic rings. The summed E-state index contributed by atoms with van der Waals surface area (Å²) in [5.41, 5.74) is 3.62. The van der Waals surface area contributed by atoms with E-state index in [0.29, 0.717) is 17.6 Å². The maximum Gasteiger partial charge on any atom is 0.157 e. The number of fused-ring (bicyclic) bond motifs is 1. The van der Waals surface area contributed by atoms with Gasteiger partial charge in [0.15, 0.2) is 5.82 Å². The molecule has 2 aromatic heterocycles. The highest BCUT2D eigenvalue weighted by Gasteiger charge is 2.28. The maximum atomic E-state index is 9.40. The lowest BCUT2D eigenvalue weighted by Crippen LogP contribution is -2.36. The van der Waals surface area contributed by atoms with E-state index in [2.05, 4.69) is 71.3 Å². The number of likely N-dealkylation sites (tertiary alicyclic amines) is 1. The van der Waals surface area contributed by atoms with Gasteiger partial charge in [-0.15, -0.1) is 5.10 Å². The molecule has 7 heteroatoms. The molecule has 0 spiro atoms. The van der Waals surface area contributed by atoms with Gasteiger partial charge in [-0.25, -0.2) is 4.98 Å². The van der Waals surface area contributed by atoms with Crippen LogP contribution in [0.4, 0.5) is 11.6 Å². The van der Waals surface area contributed by atoms with Gasteiger partial charge in [0.25, 0.3) is 0 Å². The Kier molecular flexibility index (Phi) is 6.48. The van der Waals surface area contributed by atoms with Gasteiger partial charge in [-0.05, 0) is 64.3 Å². The molecular formula is C26H33N7. The fraction of sp³-hybridized carbons (Fsp3) is 0.462. The predicted octanol–water partition coefficient (Wildman–Crippen LogP) is 4.61. The smallest absolute Gasteiger partial charge is 0.157 e. The van der Waals surface area contributed by atoms with Gasteiger partial charge in [0.2, 0.25) is 0 Å². The molecule has 3 aromatic rings. The summed E-state index contributed by atoms with van der Waals surface area (Å²) in [6.07, 6.45) is 3.05. The van der Waals surface area contributed by atoms with E-state index in [1.807, 2.05) is 32.2 Å². The molecule has 4 rings (SSSR count). The molecule has 1 saturated heterocycles. The van der Waals surface area contributed by atoms with Crippen LogP contribution in [0.1, 0.15) is 55.6 Å². The molecule has 0 amide bonds. The zero-order chi connectivity index (χ0) is 23.7. The highest BCUT2D eigenvalue weighted by Crippen LogP contribution is 2.31. The Bertz CT molecular complexity index is 1200. The van der Waals surface area contributed by atoms with Crippen LogP contribution < -0.4 is 10.2 Å². The van der Waals surface area contributed by atoms with Crippen LogP contribution in [0.2, 0.25) is 0 Å². The molecule has 7 nitrogen and oxygen atoms in total. The number of benzene rings is 1. The summed E-state index contributed by atoms with van der Waals surface area (Å²) in [6.45, 7) is 12.7. The first-order chi connectivity index (χ1) is 15.8. The van der Waals surface area contributed by atoms with Gasteiger partial charge >= 0.3 is 0 Å². The van der Waals surface area contributed by atoms with Crippen LogP contribution in [0.25, 0.3) is 10.8 Å². The summed E-state index contributed by atoms with van der Waals surface area (Å²) in [4.78, 5) is 9.59. The van der Waals surface area contributed by atoms with Crippen molar-refractivity contribution in [2.75, 3.05) is 30.4 Å². The summed E-state index contributed by atoms with van der Waals surface area (Å²) in [5, 5.41) is 23.8. The topological polar surface area (TPSA) is 81.0 Å². The molecule has 0 bridgehead atoms. The molecule has 1 aliphatic heterocycles. The van der Waals surface area contributed by atoms with Crippen LogP contribution in [-0.2, 0) is 0 Å². The Morgan fingerprint density at radius 1 is 1.18 bits per heavy atom. The van der Waals surface area contributed by atoms with Crippen LogP contribution in [0.15, 0.2) is 30.5 Å². The molecule has 172 valence electrons. The van der Waals surface area contributed by atoms with Crippen molar-refractivity contribution in [3.05, 3.63) is 52.8 Å². The average molecular weight is 444 g/mol. The van der Waals surface area contributed by atoms with E-state index >= 15 is 0 Å². The van der Waals surface area contributed by atoms with Gasteiger partial charge in [-0.3, -0.25) is 4.90 Å². The molecule has 0 saturated carbocycles. The number of nitrogens with one attached hydrogen (secondary N) is 1. The van der Waals surface area contributed by atoms with Gasteiger partial charge in [0.05, 0.1) is 23.4 Å². The molecule has 1 fully saturated rings. The molecule has 0 radical (unpaired) electrons. The van der Waals surface area contributed by atoms with Gasteiger partial charge in [0.1, 0.15) is 5.82 Å². The number of nitriles is 1. The second-order valence-electron chi connectivity index (χ2n) is 9.36. The highest BCUT2D eigenvalue weighted by molar-refractivity contribution is 5.94. The first-order valence-corrected chi connectivity index (χ1v) is 11.7. The second-order valence-corrected chi connectivity index (χ2v) is 9.36. The number of hydrogen-bond donors (Lipinski definition) is 1. The Morgan fingerprint density at radius 2 is 1.97 bits per heavy atom. The van der Waals surface area contributed by atoms with Crippen LogP contribution in [0.5, 0.6) is 0 Å². The molecule has 1 N–H and O–H groups in total. The lowest BCUT2D eigenvalue weighted by atomic mass is 9.98. The van der Waals surface area contributed by atoms with E-state index in [1.54, 1.807) is 0 Å². The summed E-state index contributed by atoms with van der Waals surface area (Å²) >= 11 is 0. The quantitative estimate of drug-likeness (QED) is 0.596. The van der Waals surface area contributed by atoms with Crippen LogP contribution in [-0.4, -0.2) is 52.3 Å². The third kappa shape index (κ3) is 4.49. The number of hydrogen-bond acceptors (Lipinski definition) is 7. The molecule has 3 heterocycles. The highest BCUT2D eigenvalue weighted by atomic mass is 15.3. The van der Waals surface area contributed by atoms with E-state index in [-0.39, 0.29) is 6.04 Å². The van der Waals surface area contributed by atoms with Gasteiger partial charge < -0.3 is 10.2 Å². The molecular weight excluding hydrogens is 410 g/mol. The van der Waals surface area contributed by atoms with Crippen LogP contribution in [0.3, 0.4) is 0 Å². The van der Waals surface area contributed by atoms with Crippen molar-refractivity contribution >= 4 is 22.4 Å². The van der Waals surface area contributed by atoms with Gasteiger partial charge in [0, 0.05) is 49.2 Å². The first-order valence-electron chi connectivity index (χ1n) is 11.7.